The van der Waals surface area contributed by atoms with E-state index in [2.05, 4.69) is 29.1 Å². The molecule has 0 aliphatic carbocycles. The van der Waals surface area contributed by atoms with E-state index in [0.29, 0.717) is 11.6 Å². The van der Waals surface area contributed by atoms with Gasteiger partial charge >= 0.3 is 0 Å². The zero-order chi connectivity index (χ0) is 14.5. The number of thioether (sulfide) groups is 1. The summed E-state index contributed by atoms with van der Waals surface area (Å²) in [6.45, 7) is 2.17. The van der Waals surface area contributed by atoms with E-state index in [4.69, 9.17) is 0 Å². The van der Waals surface area contributed by atoms with Crippen molar-refractivity contribution in [1.29, 1.82) is 5.26 Å². The number of nitriles is 1. The van der Waals surface area contributed by atoms with Gasteiger partial charge in [0, 0.05) is 18.5 Å². The summed E-state index contributed by atoms with van der Waals surface area (Å²) in [7, 11) is 2.02. The molecule has 1 aromatic carbocycles. The summed E-state index contributed by atoms with van der Waals surface area (Å²) in [5.41, 5.74) is 1.58. The number of pyridine rings is 1. The second kappa shape index (κ2) is 6.62. The summed E-state index contributed by atoms with van der Waals surface area (Å²) < 4.78 is 0. The van der Waals surface area contributed by atoms with E-state index in [1.54, 1.807) is 0 Å². The molecule has 0 N–H and O–H groups in total. The van der Waals surface area contributed by atoms with Crippen molar-refractivity contribution in [2.45, 2.75) is 19.4 Å². The Morgan fingerprint density at radius 2 is 2.15 bits per heavy atom. The van der Waals surface area contributed by atoms with Crippen molar-refractivity contribution < 1.29 is 0 Å². The zero-order valence-electron chi connectivity index (χ0n) is 12.1. The third-order valence-electron chi connectivity index (χ3n) is 3.56. The molecule has 0 spiro atoms. The summed E-state index contributed by atoms with van der Waals surface area (Å²) in [6.07, 6.45) is 3.19. The van der Waals surface area contributed by atoms with Crippen LogP contribution in [0.4, 0.5) is 5.82 Å². The highest BCUT2D eigenvalue weighted by Gasteiger charge is 2.15. The molecule has 0 aliphatic rings. The highest BCUT2D eigenvalue weighted by molar-refractivity contribution is 7.98. The van der Waals surface area contributed by atoms with E-state index in [0.717, 1.165) is 28.9 Å². The van der Waals surface area contributed by atoms with E-state index in [-0.39, 0.29) is 0 Å². The van der Waals surface area contributed by atoms with Crippen LogP contribution in [0.1, 0.15) is 18.9 Å². The lowest BCUT2D eigenvalue weighted by molar-refractivity contribution is 0.662. The zero-order valence-corrected chi connectivity index (χ0v) is 12.9. The summed E-state index contributed by atoms with van der Waals surface area (Å²) in [5.74, 6) is 1.89. The van der Waals surface area contributed by atoms with Gasteiger partial charge in [-0.2, -0.15) is 17.0 Å². The van der Waals surface area contributed by atoms with Crippen LogP contribution in [0.3, 0.4) is 0 Å². The number of rotatable bonds is 5. The molecule has 0 fully saturated rings. The van der Waals surface area contributed by atoms with Crippen molar-refractivity contribution in [3.8, 4) is 6.07 Å². The van der Waals surface area contributed by atoms with E-state index >= 15 is 0 Å². The quantitative estimate of drug-likeness (QED) is 0.840. The van der Waals surface area contributed by atoms with Gasteiger partial charge in [-0.3, -0.25) is 0 Å². The molecule has 0 bridgehead atoms. The molecular formula is C16H19N3S. The van der Waals surface area contributed by atoms with Crippen LogP contribution in [-0.2, 0) is 0 Å². The van der Waals surface area contributed by atoms with Crippen molar-refractivity contribution in [1.82, 2.24) is 4.98 Å². The van der Waals surface area contributed by atoms with E-state index < -0.39 is 0 Å². The topological polar surface area (TPSA) is 39.9 Å². The molecule has 2 rings (SSSR count). The highest BCUT2D eigenvalue weighted by Crippen LogP contribution is 2.24. The number of fused-ring (bicyclic) bond motifs is 1. The minimum absolute atomic E-state index is 0.364. The molecular weight excluding hydrogens is 266 g/mol. The average Bonchev–Trinajstić information content (AvgIpc) is 2.50. The van der Waals surface area contributed by atoms with Crippen molar-refractivity contribution >= 4 is 28.5 Å². The van der Waals surface area contributed by atoms with Gasteiger partial charge < -0.3 is 4.90 Å². The monoisotopic (exact) mass is 285 g/mol. The van der Waals surface area contributed by atoms with Crippen LogP contribution in [0.2, 0.25) is 0 Å². The Labute approximate surface area is 124 Å². The summed E-state index contributed by atoms with van der Waals surface area (Å²) in [4.78, 5) is 6.78. The molecule has 0 amide bonds. The number of benzene rings is 1. The molecule has 0 radical (unpaired) electrons. The molecule has 20 heavy (non-hydrogen) atoms. The van der Waals surface area contributed by atoms with Gasteiger partial charge in [0.25, 0.3) is 0 Å². The normalized spacial score (nSPS) is 12.1. The fraction of sp³-hybridized carbons (Fsp3) is 0.375. The van der Waals surface area contributed by atoms with Crippen molar-refractivity contribution in [3.63, 3.8) is 0 Å². The molecule has 4 heteroatoms. The van der Waals surface area contributed by atoms with Crippen LogP contribution in [0.25, 0.3) is 10.9 Å². The first-order chi connectivity index (χ1) is 9.67. The largest absolute Gasteiger partial charge is 0.356 e. The lowest BCUT2D eigenvalue weighted by Crippen LogP contribution is -2.30. The van der Waals surface area contributed by atoms with Gasteiger partial charge in [-0.1, -0.05) is 18.2 Å². The van der Waals surface area contributed by atoms with E-state index in [1.165, 1.54) is 0 Å². The van der Waals surface area contributed by atoms with Crippen LogP contribution < -0.4 is 4.90 Å². The summed E-state index contributed by atoms with van der Waals surface area (Å²) in [6, 6.07) is 12.5. The van der Waals surface area contributed by atoms with Gasteiger partial charge in [0.1, 0.15) is 11.9 Å². The smallest absolute Gasteiger partial charge is 0.147 e. The van der Waals surface area contributed by atoms with E-state index in [1.807, 2.05) is 49.1 Å². The van der Waals surface area contributed by atoms with Crippen LogP contribution in [0.5, 0.6) is 0 Å². The second-order valence-electron chi connectivity index (χ2n) is 4.91. The average molecular weight is 285 g/mol. The van der Waals surface area contributed by atoms with E-state index in [9.17, 15) is 5.26 Å². The molecule has 1 unspecified atom stereocenters. The van der Waals surface area contributed by atoms with Crippen LogP contribution in [-0.4, -0.2) is 30.1 Å². The number of hydrogen-bond acceptors (Lipinski definition) is 4. The molecule has 0 saturated heterocycles. The van der Waals surface area contributed by atoms with Crippen LogP contribution in [0, 0.1) is 11.3 Å². The Kier molecular flexibility index (Phi) is 4.86. The number of hydrogen-bond donors (Lipinski definition) is 0. The number of anilines is 1. The van der Waals surface area contributed by atoms with Crippen molar-refractivity contribution in [2.75, 3.05) is 24.0 Å². The predicted octanol–water partition coefficient (Wildman–Crippen LogP) is 3.68. The molecule has 1 heterocycles. The summed E-state index contributed by atoms with van der Waals surface area (Å²) >= 11 is 1.84. The number of aromatic nitrogens is 1. The fourth-order valence-corrected chi connectivity index (χ4v) is 2.72. The SMILES string of the molecule is CSCCC(C)N(C)c1nc2ccccc2cc1C#N. The van der Waals surface area contributed by atoms with Gasteiger partial charge in [0.15, 0.2) is 0 Å². The molecule has 3 nitrogen and oxygen atoms in total. The van der Waals surface area contributed by atoms with Gasteiger partial charge in [-0.15, -0.1) is 0 Å². The van der Waals surface area contributed by atoms with Gasteiger partial charge in [-0.05, 0) is 37.5 Å². The molecule has 0 aliphatic heterocycles. The summed E-state index contributed by atoms with van der Waals surface area (Å²) in [5, 5.41) is 10.4. The fourth-order valence-electron chi connectivity index (χ4n) is 2.15. The highest BCUT2D eigenvalue weighted by atomic mass is 32.2. The molecule has 2 aromatic rings. The van der Waals surface area contributed by atoms with Gasteiger partial charge in [-0.25, -0.2) is 4.98 Å². The Bertz CT molecular complexity index is 633. The molecule has 104 valence electrons. The predicted molar refractivity (Wildman–Crippen MR) is 87.3 cm³/mol. The lowest BCUT2D eigenvalue weighted by Gasteiger charge is -2.26. The standard InChI is InChI=1S/C16H19N3S/c1-12(8-9-20-3)19(2)16-14(11-17)10-13-6-4-5-7-15(13)18-16/h4-7,10,12H,8-9H2,1-3H3. The molecule has 1 atom stereocenters. The number of nitrogens with zero attached hydrogens (tertiary/aromatic N) is 3. The maximum Gasteiger partial charge on any atom is 0.147 e. The Balaban J connectivity index is 2.39. The Morgan fingerprint density at radius 1 is 1.40 bits per heavy atom. The van der Waals surface area contributed by atoms with Crippen molar-refractivity contribution in [2.24, 2.45) is 0 Å². The first-order valence-corrected chi connectivity index (χ1v) is 8.08. The first-order valence-electron chi connectivity index (χ1n) is 6.69. The Morgan fingerprint density at radius 3 is 2.85 bits per heavy atom. The minimum atomic E-state index is 0.364. The first kappa shape index (κ1) is 14.7. The maximum atomic E-state index is 9.36. The van der Waals surface area contributed by atoms with Crippen LogP contribution in [0.15, 0.2) is 30.3 Å². The molecule has 0 saturated carbocycles. The van der Waals surface area contributed by atoms with Crippen LogP contribution >= 0.6 is 11.8 Å². The third-order valence-corrected chi connectivity index (χ3v) is 4.20. The van der Waals surface area contributed by atoms with Gasteiger partial charge in [0.05, 0.1) is 11.1 Å². The molecule has 1 aromatic heterocycles. The third kappa shape index (κ3) is 3.05. The maximum absolute atomic E-state index is 9.36. The lowest BCUT2D eigenvalue weighted by atomic mass is 10.1. The minimum Gasteiger partial charge on any atom is -0.356 e. The van der Waals surface area contributed by atoms with Crippen molar-refractivity contribution in [3.05, 3.63) is 35.9 Å². The Hall–Kier alpha value is -1.73. The number of para-hydroxylation sites is 1. The van der Waals surface area contributed by atoms with Gasteiger partial charge in [0.2, 0.25) is 0 Å². The second-order valence-corrected chi connectivity index (χ2v) is 5.89.